The van der Waals surface area contributed by atoms with Crippen molar-refractivity contribution >= 4 is 11.6 Å². The molecular weight excluding hydrogens is 274 g/mol. The first kappa shape index (κ1) is 14.7. The molecule has 0 radical (unpaired) electrons. The highest BCUT2D eigenvalue weighted by molar-refractivity contribution is 6.02. The van der Waals surface area contributed by atoms with Gasteiger partial charge in [0.15, 0.2) is 5.78 Å². The molecule has 0 saturated heterocycles. The van der Waals surface area contributed by atoms with Crippen molar-refractivity contribution < 1.29 is 4.79 Å². The molecule has 114 valence electrons. The zero-order chi connectivity index (χ0) is 15.9. The van der Waals surface area contributed by atoms with E-state index in [1.54, 1.807) is 0 Å². The summed E-state index contributed by atoms with van der Waals surface area (Å²) in [6.45, 7) is 6.59. The number of Topliss-reactive ketones (excluding diaryl/α,β-unsaturated/α-hetero) is 1. The van der Waals surface area contributed by atoms with Gasteiger partial charge in [0.05, 0.1) is 11.3 Å². The number of ketones is 1. The van der Waals surface area contributed by atoms with Crippen LogP contribution in [-0.2, 0) is 11.8 Å². The summed E-state index contributed by atoms with van der Waals surface area (Å²) in [5.74, 6) is 0.518. The zero-order valence-electron chi connectivity index (χ0n) is 13.3. The standard InChI is InChI=1S/C18H21N3O/c1-18(2,3)13-6-4-11(5-7-13)12-8-14-16(15(22)9-12)17(19)21-10-20-14/h4-7,10,12H,8-9H2,1-3H3,(H2,19,20,21)/t12-/m0/s1. The van der Waals surface area contributed by atoms with E-state index in [1.807, 2.05) is 0 Å². The Morgan fingerprint density at radius 3 is 2.41 bits per heavy atom. The molecule has 2 aromatic rings. The Kier molecular flexibility index (Phi) is 3.47. The molecule has 4 nitrogen and oxygen atoms in total. The predicted octanol–water partition coefficient (Wildman–Crippen LogP) is 3.27. The summed E-state index contributed by atoms with van der Waals surface area (Å²) in [7, 11) is 0. The number of anilines is 1. The van der Waals surface area contributed by atoms with Gasteiger partial charge in [0, 0.05) is 6.42 Å². The molecule has 0 amide bonds. The normalized spacial score (nSPS) is 18.1. The van der Waals surface area contributed by atoms with Crippen LogP contribution < -0.4 is 5.73 Å². The van der Waals surface area contributed by atoms with Gasteiger partial charge in [-0.25, -0.2) is 9.97 Å². The Morgan fingerprint density at radius 1 is 1.09 bits per heavy atom. The van der Waals surface area contributed by atoms with E-state index in [-0.39, 0.29) is 17.1 Å². The van der Waals surface area contributed by atoms with Gasteiger partial charge in [0.2, 0.25) is 0 Å². The number of fused-ring (bicyclic) bond motifs is 1. The fraction of sp³-hybridized carbons (Fsp3) is 0.389. The summed E-state index contributed by atoms with van der Waals surface area (Å²) in [4.78, 5) is 20.5. The molecule has 4 heteroatoms. The van der Waals surface area contributed by atoms with Crippen LogP contribution in [0.4, 0.5) is 5.82 Å². The van der Waals surface area contributed by atoms with Crippen LogP contribution in [0.25, 0.3) is 0 Å². The lowest BCUT2D eigenvalue weighted by molar-refractivity contribution is 0.0963. The number of carbonyl (C=O) groups is 1. The van der Waals surface area contributed by atoms with Gasteiger partial charge in [-0.05, 0) is 28.9 Å². The first-order valence-electron chi connectivity index (χ1n) is 7.59. The van der Waals surface area contributed by atoms with Gasteiger partial charge in [-0.1, -0.05) is 45.0 Å². The highest BCUT2D eigenvalue weighted by Crippen LogP contribution is 2.34. The smallest absolute Gasteiger partial charge is 0.169 e. The minimum atomic E-state index is 0.0456. The molecule has 1 heterocycles. The van der Waals surface area contributed by atoms with E-state index < -0.39 is 0 Å². The summed E-state index contributed by atoms with van der Waals surface area (Å²) < 4.78 is 0. The van der Waals surface area contributed by atoms with Crippen LogP contribution in [0.2, 0.25) is 0 Å². The van der Waals surface area contributed by atoms with E-state index in [2.05, 4.69) is 55.0 Å². The molecule has 0 unspecified atom stereocenters. The molecule has 0 bridgehead atoms. The van der Waals surface area contributed by atoms with E-state index in [0.717, 1.165) is 12.1 Å². The fourth-order valence-corrected chi connectivity index (χ4v) is 3.02. The third-order valence-corrected chi connectivity index (χ3v) is 4.35. The van der Waals surface area contributed by atoms with Crippen LogP contribution in [0.1, 0.15) is 60.3 Å². The number of hydrogen-bond acceptors (Lipinski definition) is 4. The van der Waals surface area contributed by atoms with E-state index >= 15 is 0 Å². The van der Waals surface area contributed by atoms with Crippen molar-refractivity contribution in [1.82, 2.24) is 9.97 Å². The predicted molar refractivity (Wildman–Crippen MR) is 87.0 cm³/mol. The van der Waals surface area contributed by atoms with E-state index in [4.69, 9.17) is 5.73 Å². The van der Waals surface area contributed by atoms with E-state index in [0.29, 0.717) is 17.8 Å². The zero-order valence-corrected chi connectivity index (χ0v) is 13.3. The number of nitrogen functional groups attached to an aromatic ring is 1. The Labute approximate surface area is 130 Å². The van der Waals surface area contributed by atoms with Gasteiger partial charge in [-0.15, -0.1) is 0 Å². The number of carbonyl (C=O) groups excluding carboxylic acids is 1. The Morgan fingerprint density at radius 2 is 1.77 bits per heavy atom. The van der Waals surface area contributed by atoms with Crippen molar-refractivity contribution in [3.63, 3.8) is 0 Å². The topological polar surface area (TPSA) is 68.9 Å². The van der Waals surface area contributed by atoms with E-state index in [1.165, 1.54) is 17.5 Å². The van der Waals surface area contributed by atoms with Gasteiger partial charge >= 0.3 is 0 Å². The monoisotopic (exact) mass is 295 g/mol. The number of hydrogen-bond donors (Lipinski definition) is 1. The maximum atomic E-state index is 12.4. The van der Waals surface area contributed by atoms with Crippen LogP contribution in [0.3, 0.4) is 0 Å². The molecule has 0 aliphatic heterocycles. The Balaban J connectivity index is 1.90. The first-order valence-corrected chi connectivity index (χ1v) is 7.59. The van der Waals surface area contributed by atoms with Crippen molar-refractivity contribution in [1.29, 1.82) is 0 Å². The molecule has 3 rings (SSSR count). The first-order chi connectivity index (χ1) is 10.4. The number of aromatic nitrogens is 2. The highest BCUT2D eigenvalue weighted by Gasteiger charge is 2.29. The molecule has 1 aliphatic rings. The Bertz CT molecular complexity index is 714. The molecule has 1 aliphatic carbocycles. The van der Waals surface area contributed by atoms with Crippen molar-refractivity contribution in [2.45, 2.75) is 44.9 Å². The quantitative estimate of drug-likeness (QED) is 0.876. The third-order valence-electron chi connectivity index (χ3n) is 4.35. The molecule has 2 N–H and O–H groups in total. The molecule has 0 spiro atoms. The summed E-state index contributed by atoms with van der Waals surface area (Å²) in [6.07, 6.45) is 2.65. The summed E-state index contributed by atoms with van der Waals surface area (Å²) in [6, 6.07) is 8.58. The SMILES string of the molecule is CC(C)(C)c1ccc([C@@H]2CC(=O)c3c(N)ncnc3C2)cc1. The third kappa shape index (κ3) is 2.61. The summed E-state index contributed by atoms with van der Waals surface area (Å²) >= 11 is 0. The number of nitrogens with two attached hydrogens (primary N) is 1. The van der Waals surface area contributed by atoms with Crippen LogP contribution in [0, 0.1) is 0 Å². The maximum absolute atomic E-state index is 12.4. The molecular formula is C18H21N3O. The van der Waals surface area contributed by atoms with Crippen LogP contribution in [0.5, 0.6) is 0 Å². The maximum Gasteiger partial charge on any atom is 0.169 e. The molecule has 0 saturated carbocycles. The summed E-state index contributed by atoms with van der Waals surface area (Å²) in [5, 5.41) is 0. The molecule has 1 atom stereocenters. The average molecular weight is 295 g/mol. The minimum absolute atomic E-state index is 0.0456. The average Bonchev–Trinajstić information content (AvgIpc) is 2.46. The van der Waals surface area contributed by atoms with Crippen molar-refractivity contribution in [3.8, 4) is 0 Å². The van der Waals surface area contributed by atoms with Gasteiger partial charge < -0.3 is 5.73 Å². The minimum Gasteiger partial charge on any atom is -0.383 e. The van der Waals surface area contributed by atoms with Crippen molar-refractivity contribution in [2.24, 2.45) is 0 Å². The van der Waals surface area contributed by atoms with Gasteiger partial charge in [-0.3, -0.25) is 4.79 Å². The molecule has 1 aromatic carbocycles. The fourth-order valence-electron chi connectivity index (χ4n) is 3.02. The van der Waals surface area contributed by atoms with Gasteiger partial charge in [0.1, 0.15) is 12.1 Å². The molecule has 0 fully saturated rings. The lowest BCUT2D eigenvalue weighted by Gasteiger charge is -2.25. The number of benzene rings is 1. The number of rotatable bonds is 1. The Hall–Kier alpha value is -2.23. The second kappa shape index (κ2) is 5.20. The van der Waals surface area contributed by atoms with Crippen LogP contribution in [-0.4, -0.2) is 15.8 Å². The van der Waals surface area contributed by atoms with Crippen LogP contribution in [0.15, 0.2) is 30.6 Å². The summed E-state index contributed by atoms with van der Waals surface area (Å²) in [5.41, 5.74) is 9.72. The number of nitrogens with zero attached hydrogens (tertiary/aromatic N) is 2. The molecule has 1 aromatic heterocycles. The lowest BCUT2D eigenvalue weighted by Crippen LogP contribution is -2.22. The van der Waals surface area contributed by atoms with Gasteiger partial charge in [-0.2, -0.15) is 0 Å². The molecule has 22 heavy (non-hydrogen) atoms. The second-order valence-electron chi connectivity index (χ2n) is 6.98. The lowest BCUT2D eigenvalue weighted by atomic mass is 9.80. The second-order valence-corrected chi connectivity index (χ2v) is 6.98. The largest absolute Gasteiger partial charge is 0.383 e. The van der Waals surface area contributed by atoms with Crippen molar-refractivity contribution in [2.75, 3.05) is 5.73 Å². The highest BCUT2D eigenvalue weighted by atomic mass is 16.1. The van der Waals surface area contributed by atoms with E-state index in [9.17, 15) is 4.79 Å². The van der Waals surface area contributed by atoms with Crippen molar-refractivity contribution in [3.05, 3.63) is 53.0 Å². The van der Waals surface area contributed by atoms with Gasteiger partial charge in [0.25, 0.3) is 0 Å². The van der Waals surface area contributed by atoms with Crippen LogP contribution >= 0.6 is 0 Å².